The van der Waals surface area contributed by atoms with Gasteiger partial charge in [-0.05, 0) is 29.7 Å². The molecule has 0 radical (unpaired) electrons. The lowest BCUT2D eigenvalue weighted by atomic mass is 9.95. The first kappa shape index (κ1) is 22.3. The zero-order valence-corrected chi connectivity index (χ0v) is 18.9. The van der Waals surface area contributed by atoms with Crippen LogP contribution in [0.15, 0.2) is 65.8 Å². The summed E-state index contributed by atoms with van der Waals surface area (Å²) in [6, 6.07) is 14.0. The maximum Gasteiger partial charge on any atom is 0.243 e. The number of hydrogen-bond acceptors (Lipinski definition) is 5. The highest BCUT2D eigenvalue weighted by Crippen LogP contribution is 2.30. The fraction of sp³-hybridized carbons (Fsp3) is 0.273. The van der Waals surface area contributed by atoms with E-state index in [0.29, 0.717) is 17.2 Å². The van der Waals surface area contributed by atoms with E-state index in [4.69, 9.17) is 16.3 Å². The van der Waals surface area contributed by atoms with E-state index in [1.54, 1.807) is 19.2 Å². The Morgan fingerprint density at radius 2 is 2.06 bits per heavy atom. The van der Waals surface area contributed by atoms with Gasteiger partial charge in [0.25, 0.3) is 0 Å². The summed E-state index contributed by atoms with van der Waals surface area (Å²) in [7, 11) is -2.13. The highest BCUT2D eigenvalue weighted by Gasteiger charge is 2.29. The van der Waals surface area contributed by atoms with E-state index in [2.05, 4.69) is 15.1 Å². The number of carbonyl (C=O) groups excluding carboxylic acids is 1. The van der Waals surface area contributed by atoms with Crippen molar-refractivity contribution in [3.63, 3.8) is 0 Å². The number of nitrogens with zero attached hydrogens (tertiary/aromatic N) is 2. The van der Waals surface area contributed by atoms with Crippen molar-refractivity contribution in [2.24, 2.45) is 13.0 Å². The molecule has 3 aromatic rings. The first-order valence-electron chi connectivity index (χ1n) is 10.1. The van der Waals surface area contributed by atoms with Gasteiger partial charge in [-0.15, -0.1) is 0 Å². The number of halogens is 1. The molecule has 2 N–H and O–H groups in total. The van der Waals surface area contributed by atoms with Crippen molar-refractivity contribution >= 4 is 27.5 Å². The summed E-state index contributed by atoms with van der Waals surface area (Å²) in [5.74, 6) is 0.0789. The topological polar surface area (TPSA) is 102 Å². The lowest BCUT2D eigenvalue weighted by Crippen LogP contribution is -2.43. The minimum Gasteiger partial charge on any atom is -0.492 e. The Morgan fingerprint density at radius 3 is 2.78 bits per heavy atom. The average molecular weight is 475 g/mol. The quantitative estimate of drug-likeness (QED) is 0.547. The van der Waals surface area contributed by atoms with Gasteiger partial charge in [0, 0.05) is 24.8 Å². The molecule has 2 heterocycles. The average Bonchev–Trinajstić information content (AvgIpc) is 3.24. The molecule has 2 unspecified atom stereocenters. The van der Waals surface area contributed by atoms with Gasteiger partial charge in [-0.25, -0.2) is 13.1 Å². The Kier molecular flexibility index (Phi) is 6.50. The second-order valence-corrected chi connectivity index (χ2v) is 9.84. The highest BCUT2D eigenvalue weighted by molar-refractivity contribution is 7.89. The molecule has 1 aromatic heterocycles. The Balaban J connectivity index is 1.48. The summed E-state index contributed by atoms with van der Waals surface area (Å²) in [5.41, 5.74) is 1.70. The van der Waals surface area contributed by atoms with E-state index < -0.39 is 22.0 Å². The van der Waals surface area contributed by atoms with Crippen LogP contribution in [0.4, 0.5) is 0 Å². The molecule has 4 rings (SSSR count). The van der Waals surface area contributed by atoms with Gasteiger partial charge in [0.15, 0.2) is 0 Å². The van der Waals surface area contributed by atoms with Crippen LogP contribution in [0.25, 0.3) is 0 Å². The molecule has 0 aliphatic carbocycles. The molecule has 0 saturated carbocycles. The molecule has 2 atom stereocenters. The summed E-state index contributed by atoms with van der Waals surface area (Å²) in [4.78, 5) is 13.1. The standard InChI is InChI=1S/C22H23ClN4O4S/c1-27-13-19(11-24-27)32(29,30)25-12-20(15-5-3-2-4-6-15)26-22(28)17-9-16-7-8-18(23)10-21(16)31-14-17/h2-8,10-11,13,17,20,25H,9,12,14H2,1H3,(H,26,28). The Labute approximate surface area is 191 Å². The number of benzene rings is 2. The molecular weight excluding hydrogens is 452 g/mol. The van der Waals surface area contributed by atoms with Crippen molar-refractivity contribution in [1.82, 2.24) is 19.8 Å². The number of fused-ring (bicyclic) bond motifs is 1. The van der Waals surface area contributed by atoms with Crippen molar-refractivity contribution in [3.05, 3.63) is 77.1 Å². The molecular formula is C22H23ClN4O4S. The molecule has 32 heavy (non-hydrogen) atoms. The smallest absolute Gasteiger partial charge is 0.243 e. The van der Waals surface area contributed by atoms with Crippen LogP contribution in [0, 0.1) is 5.92 Å². The summed E-state index contributed by atoms with van der Waals surface area (Å²) < 4.78 is 35.0. The molecule has 10 heteroatoms. The van der Waals surface area contributed by atoms with Crippen LogP contribution < -0.4 is 14.8 Å². The maximum absolute atomic E-state index is 13.0. The number of hydrogen-bond donors (Lipinski definition) is 2. The first-order chi connectivity index (χ1) is 15.3. The van der Waals surface area contributed by atoms with E-state index in [1.807, 2.05) is 36.4 Å². The molecule has 8 nitrogen and oxygen atoms in total. The van der Waals surface area contributed by atoms with Gasteiger partial charge in [-0.3, -0.25) is 9.48 Å². The molecule has 2 aromatic carbocycles. The van der Waals surface area contributed by atoms with Gasteiger partial charge in [0.1, 0.15) is 17.3 Å². The number of aryl methyl sites for hydroxylation is 1. The SMILES string of the molecule is Cn1cc(S(=O)(=O)NCC(NC(=O)C2COc3cc(Cl)ccc3C2)c2ccccc2)cn1. The Bertz CT molecular complexity index is 1210. The third-order valence-corrected chi connectivity index (χ3v) is 6.91. The second-order valence-electron chi connectivity index (χ2n) is 7.64. The van der Waals surface area contributed by atoms with E-state index in [-0.39, 0.29) is 24.0 Å². The van der Waals surface area contributed by atoms with Gasteiger partial charge in [-0.1, -0.05) is 48.0 Å². The number of sulfonamides is 1. The Morgan fingerprint density at radius 1 is 1.28 bits per heavy atom. The van der Waals surface area contributed by atoms with Crippen LogP contribution in [-0.4, -0.2) is 37.3 Å². The molecule has 168 valence electrons. The highest BCUT2D eigenvalue weighted by atomic mass is 35.5. The van der Waals surface area contributed by atoms with Crippen LogP contribution >= 0.6 is 11.6 Å². The summed E-state index contributed by atoms with van der Waals surface area (Å²) >= 11 is 6.01. The minimum absolute atomic E-state index is 0.00719. The van der Waals surface area contributed by atoms with Gasteiger partial charge in [-0.2, -0.15) is 5.10 Å². The van der Waals surface area contributed by atoms with Crippen molar-refractivity contribution in [3.8, 4) is 5.75 Å². The predicted octanol–water partition coefficient (Wildman–Crippen LogP) is 2.46. The minimum atomic E-state index is -3.77. The third kappa shape index (κ3) is 5.12. The number of nitrogens with one attached hydrogen (secondary N) is 2. The van der Waals surface area contributed by atoms with E-state index >= 15 is 0 Å². The molecule has 0 fully saturated rings. The number of aromatic nitrogens is 2. The molecule has 1 aliphatic heterocycles. The Hall–Kier alpha value is -2.88. The number of carbonyl (C=O) groups is 1. The lowest BCUT2D eigenvalue weighted by Gasteiger charge is -2.27. The summed E-state index contributed by atoms with van der Waals surface area (Å²) in [5, 5.41) is 7.47. The van der Waals surface area contributed by atoms with Crippen LogP contribution in [-0.2, 0) is 28.3 Å². The zero-order chi connectivity index (χ0) is 22.7. The fourth-order valence-corrected chi connectivity index (χ4v) is 4.75. The van der Waals surface area contributed by atoms with E-state index in [0.717, 1.165) is 11.1 Å². The van der Waals surface area contributed by atoms with Gasteiger partial charge < -0.3 is 10.1 Å². The third-order valence-electron chi connectivity index (χ3n) is 5.29. The first-order valence-corrected chi connectivity index (χ1v) is 11.9. The lowest BCUT2D eigenvalue weighted by molar-refractivity contribution is -0.127. The van der Waals surface area contributed by atoms with Crippen molar-refractivity contribution in [2.45, 2.75) is 17.4 Å². The van der Waals surface area contributed by atoms with Gasteiger partial charge in [0.05, 0.1) is 18.2 Å². The monoisotopic (exact) mass is 474 g/mol. The molecule has 0 spiro atoms. The van der Waals surface area contributed by atoms with Crippen molar-refractivity contribution in [1.29, 1.82) is 0 Å². The van der Waals surface area contributed by atoms with Gasteiger partial charge >= 0.3 is 0 Å². The van der Waals surface area contributed by atoms with Crippen molar-refractivity contribution in [2.75, 3.05) is 13.2 Å². The van der Waals surface area contributed by atoms with Gasteiger partial charge in [0.2, 0.25) is 15.9 Å². The normalized spacial score (nSPS) is 16.6. The van der Waals surface area contributed by atoms with E-state index in [1.165, 1.54) is 17.1 Å². The van der Waals surface area contributed by atoms with E-state index in [9.17, 15) is 13.2 Å². The van der Waals surface area contributed by atoms with Crippen LogP contribution in [0.1, 0.15) is 17.2 Å². The van der Waals surface area contributed by atoms with Crippen LogP contribution in [0.2, 0.25) is 5.02 Å². The maximum atomic E-state index is 13.0. The molecule has 1 amide bonds. The largest absolute Gasteiger partial charge is 0.492 e. The second kappa shape index (κ2) is 9.32. The predicted molar refractivity (Wildman–Crippen MR) is 120 cm³/mol. The summed E-state index contributed by atoms with van der Waals surface area (Å²) in [6.07, 6.45) is 3.21. The van der Waals surface area contributed by atoms with Crippen molar-refractivity contribution < 1.29 is 17.9 Å². The summed E-state index contributed by atoms with van der Waals surface area (Å²) in [6.45, 7) is 0.217. The molecule has 0 saturated heterocycles. The fourth-order valence-electron chi connectivity index (χ4n) is 3.56. The number of rotatable bonds is 7. The molecule has 1 aliphatic rings. The molecule has 0 bridgehead atoms. The van der Waals surface area contributed by atoms with Crippen LogP contribution in [0.5, 0.6) is 5.75 Å². The number of ether oxygens (including phenoxy) is 1. The van der Waals surface area contributed by atoms with Crippen LogP contribution in [0.3, 0.4) is 0 Å². The zero-order valence-electron chi connectivity index (χ0n) is 17.4. The number of amides is 1.